The van der Waals surface area contributed by atoms with Crippen LogP contribution in [0.25, 0.3) is 6.08 Å². The maximum absolute atomic E-state index is 11.4. The molecule has 0 saturated heterocycles. The number of ether oxygens (including phenoxy) is 1. The van der Waals surface area contributed by atoms with Gasteiger partial charge >= 0.3 is 0 Å². The maximum Gasteiger partial charge on any atom is 0.244 e. The van der Waals surface area contributed by atoms with Gasteiger partial charge in [0.15, 0.2) is 0 Å². The smallest absolute Gasteiger partial charge is 0.244 e. The van der Waals surface area contributed by atoms with Crippen LogP contribution in [-0.2, 0) is 9.53 Å². The first-order valence-electron chi connectivity index (χ1n) is 5.25. The van der Waals surface area contributed by atoms with Gasteiger partial charge < -0.3 is 10.1 Å². The second-order valence-electron chi connectivity index (χ2n) is 3.61. The molecule has 1 atom stereocenters. The van der Waals surface area contributed by atoms with Crippen molar-refractivity contribution < 1.29 is 9.53 Å². The van der Waals surface area contributed by atoms with Gasteiger partial charge in [0.2, 0.25) is 5.91 Å². The van der Waals surface area contributed by atoms with E-state index in [4.69, 9.17) is 4.74 Å². The van der Waals surface area contributed by atoms with Crippen molar-refractivity contribution in [3.8, 4) is 0 Å². The van der Waals surface area contributed by atoms with Gasteiger partial charge in [-0.25, -0.2) is 0 Å². The minimum absolute atomic E-state index is 0.0259. The Bertz CT molecular complexity index is 346. The monoisotopic (exact) mass is 219 g/mol. The van der Waals surface area contributed by atoms with Crippen molar-refractivity contribution in [1.82, 2.24) is 5.32 Å². The van der Waals surface area contributed by atoms with E-state index >= 15 is 0 Å². The fourth-order valence-corrected chi connectivity index (χ4v) is 1.32. The Morgan fingerprint density at radius 1 is 1.44 bits per heavy atom. The SMILES string of the molecule is COCC(C)NC(=O)C=Cc1ccccc1. The highest BCUT2D eigenvalue weighted by molar-refractivity contribution is 5.91. The average Bonchev–Trinajstić information content (AvgIpc) is 2.28. The summed E-state index contributed by atoms with van der Waals surface area (Å²) < 4.78 is 4.93. The van der Waals surface area contributed by atoms with Gasteiger partial charge in [-0.15, -0.1) is 0 Å². The molecular formula is C13H17NO2. The molecule has 1 N–H and O–H groups in total. The molecule has 1 aromatic rings. The summed E-state index contributed by atoms with van der Waals surface area (Å²) >= 11 is 0. The number of amides is 1. The van der Waals surface area contributed by atoms with Gasteiger partial charge in [0, 0.05) is 19.2 Å². The molecule has 0 saturated carbocycles. The zero-order valence-electron chi connectivity index (χ0n) is 9.64. The molecular weight excluding hydrogens is 202 g/mol. The summed E-state index contributed by atoms with van der Waals surface area (Å²) in [6.45, 7) is 2.42. The molecule has 0 aromatic heterocycles. The summed E-state index contributed by atoms with van der Waals surface area (Å²) in [5, 5.41) is 2.80. The second kappa shape index (κ2) is 6.80. The van der Waals surface area contributed by atoms with E-state index in [2.05, 4.69) is 5.32 Å². The van der Waals surface area contributed by atoms with Crippen LogP contribution in [0.5, 0.6) is 0 Å². The van der Waals surface area contributed by atoms with Crippen LogP contribution < -0.4 is 5.32 Å². The highest BCUT2D eigenvalue weighted by atomic mass is 16.5. The summed E-state index contributed by atoms with van der Waals surface area (Å²) in [6, 6.07) is 9.73. The lowest BCUT2D eigenvalue weighted by Crippen LogP contribution is -2.34. The van der Waals surface area contributed by atoms with Gasteiger partial charge in [-0.1, -0.05) is 30.3 Å². The number of carbonyl (C=O) groups is 1. The third-order valence-corrected chi connectivity index (χ3v) is 2.03. The molecule has 0 aliphatic heterocycles. The number of benzene rings is 1. The predicted molar refractivity (Wildman–Crippen MR) is 65.0 cm³/mol. The fraction of sp³-hybridized carbons (Fsp3) is 0.308. The highest BCUT2D eigenvalue weighted by Crippen LogP contribution is 2.00. The Labute approximate surface area is 96.1 Å². The molecule has 0 bridgehead atoms. The van der Waals surface area contributed by atoms with Crippen molar-refractivity contribution in [2.24, 2.45) is 0 Å². The van der Waals surface area contributed by atoms with Crippen LogP contribution in [0.2, 0.25) is 0 Å². The lowest BCUT2D eigenvalue weighted by atomic mass is 10.2. The van der Waals surface area contributed by atoms with E-state index in [0.29, 0.717) is 6.61 Å². The molecule has 1 aromatic carbocycles. The van der Waals surface area contributed by atoms with Gasteiger partial charge in [-0.2, -0.15) is 0 Å². The molecule has 16 heavy (non-hydrogen) atoms. The first-order valence-corrected chi connectivity index (χ1v) is 5.25. The Morgan fingerprint density at radius 3 is 2.75 bits per heavy atom. The van der Waals surface area contributed by atoms with Gasteiger partial charge in [-0.05, 0) is 18.6 Å². The standard InChI is InChI=1S/C13H17NO2/c1-11(10-16-2)14-13(15)9-8-12-6-4-3-5-7-12/h3-9,11H,10H2,1-2H3,(H,14,15). The number of nitrogens with one attached hydrogen (secondary N) is 1. The van der Waals surface area contributed by atoms with Crippen molar-refractivity contribution >= 4 is 12.0 Å². The number of methoxy groups -OCH3 is 1. The number of hydrogen-bond donors (Lipinski definition) is 1. The van der Waals surface area contributed by atoms with Gasteiger partial charge in [0.1, 0.15) is 0 Å². The van der Waals surface area contributed by atoms with Crippen LogP contribution in [0.15, 0.2) is 36.4 Å². The molecule has 0 spiro atoms. The van der Waals surface area contributed by atoms with E-state index in [1.54, 1.807) is 13.2 Å². The van der Waals surface area contributed by atoms with E-state index in [9.17, 15) is 4.79 Å². The predicted octanol–water partition coefficient (Wildman–Crippen LogP) is 1.85. The van der Waals surface area contributed by atoms with Crippen molar-refractivity contribution in [1.29, 1.82) is 0 Å². The topological polar surface area (TPSA) is 38.3 Å². The van der Waals surface area contributed by atoms with Crippen LogP contribution in [0.3, 0.4) is 0 Å². The molecule has 1 unspecified atom stereocenters. The Balaban J connectivity index is 2.42. The molecule has 0 radical (unpaired) electrons. The minimum Gasteiger partial charge on any atom is -0.383 e. The molecule has 0 heterocycles. The Kier molecular flexibility index (Phi) is 5.29. The fourth-order valence-electron chi connectivity index (χ4n) is 1.32. The molecule has 3 heteroatoms. The summed E-state index contributed by atoms with van der Waals surface area (Å²) in [7, 11) is 1.61. The normalized spacial score (nSPS) is 12.6. The van der Waals surface area contributed by atoms with Crippen LogP contribution in [0, 0.1) is 0 Å². The summed E-state index contributed by atoms with van der Waals surface area (Å²) in [5.41, 5.74) is 1.01. The lowest BCUT2D eigenvalue weighted by molar-refractivity contribution is -0.117. The van der Waals surface area contributed by atoms with Gasteiger partial charge in [0.05, 0.1) is 6.61 Å². The summed E-state index contributed by atoms with van der Waals surface area (Å²) in [5.74, 6) is -0.103. The summed E-state index contributed by atoms with van der Waals surface area (Å²) in [6.07, 6.45) is 3.32. The molecule has 0 fully saturated rings. The van der Waals surface area contributed by atoms with Crippen LogP contribution in [0.4, 0.5) is 0 Å². The van der Waals surface area contributed by atoms with Crippen molar-refractivity contribution in [2.75, 3.05) is 13.7 Å². The molecule has 0 aliphatic rings. The highest BCUT2D eigenvalue weighted by Gasteiger charge is 2.02. The number of hydrogen-bond acceptors (Lipinski definition) is 2. The van der Waals surface area contributed by atoms with Crippen molar-refractivity contribution in [3.05, 3.63) is 42.0 Å². The van der Waals surface area contributed by atoms with E-state index in [-0.39, 0.29) is 11.9 Å². The van der Waals surface area contributed by atoms with Crippen LogP contribution in [-0.4, -0.2) is 25.7 Å². The van der Waals surface area contributed by atoms with Crippen molar-refractivity contribution in [2.45, 2.75) is 13.0 Å². The second-order valence-corrected chi connectivity index (χ2v) is 3.61. The lowest BCUT2D eigenvalue weighted by Gasteiger charge is -2.10. The number of rotatable bonds is 5. The van der Waals surface area contributed by atoms with E-state index in [0.717, 1.165) is 5.56 Å². The first kappa shape index (κ1) is 12.5. The van der Waals surface area contributed by atoms with Crippen LogP contribution in [0.1, 0.15) is 12.5 Å². The molecule has 1 amide bonds. The summed E-state index contributed by atoms with van der Waals surface area (Å²) in [4.78, 5) is 11.4. The zero-order valence-corrected chi connectivity index (χ0v) is 9.64. The van der Waals surface area contributed by atoms with E-state index in [1.165, 1.54) is 6.08 Å². The van der Waals surface area contributed by atoms with Crippen molar-refractivity contribution in [3.63, 3.8) is 0 Å². The third kappa shape index (κ3) is 4.75. The minimum atomic E-state index is -0.103. The van der Waals surface area contributed by atoms with Gasteiger partial charge in [-0.3, -0.25) is 4.79 Å². The quantitative estimate of drug-likeness (QED) is 0.767. The van der Waals surface area contributed by atoms with Crippen LogP contribution >= 0.6 is 0 Å². The molecule has 1 rings (SSSR count). The zero-order chi connectivity index (χ0) is 11.8. The third-order valence-electron chi connectivity index (χ3n) is 2.03. The molecule has 0 aliphatic carbocycles. The average molecular weight is 219 g/mol. The van der Waals surface area contributed by atoms with E-state index in [1.807, 2.05) is 37.3 Å². The molecule has 3 nitrogen and oxygen atoms in total. The first-order chi connectivity index (χ1) is 7.72. The Hall–Kier alpha value is -1.61. The largest absolute Gasteiger partial charge is 0.383 e. The Morgan fingerprint density at radius 2 is 2.12 bits per heavy atom. The van der Waals surface area contributed by atoms with Gasteiger partial charge in [0.25, 0.3) is 0 Å². The number of carbonyl (C=O) groups excluding carboxylic acids is 1. The maximum atomic E-state index is 11.4. The molecule has 86 valence electrons. The van der Waals surface area contributed by atoms with E-state index < -0.39 is 0 Å².